The van der Waals surface area contributed by atoms with Crippen molar-refractivity contribution in [2.24, 2.45) is 0 Å². The minimum atomic E-state index is -4.00. The number of imidazole rings is 1. The fourth-order valence-electron chi connectivity index (χ4n) is 0.951. The van der Waals surface area contributed by atoms with Gasteiger partial charge in [-0.2, -0.15) is 4.72 Å². The predicted octanol–water partition coefficient (Wildman–Crippen LogP) is -1.56. The third kappa shape index (κ3) is 2.78. The maximum Gasteiger partial charge on any atom is 0.324 e. The second-order valence-corrected chi connectivity index (χ2v) is 4.71. The molecule has 1 heterocycles. The van der Waals surface area contributed by atoms with Crippen molar-refractivity contribution in [3.8, 4) is 0 Å². The molecule has 1 aromatic heterocycles. The predicted molar refractivity (Wildman–Crippen MR) is 52.2 cm³/mol. The molecule has 1 rings (SSSR count). The Bertz CT molecular complexity index is 480. The van der Waals surface area contributed by atoms with Crippen LogP contribution in [-0.2, 0) is 14.8 Å². The summed E-state index contributed by atoms with van der Waals surface area (Å²) in [6, 6.07) is -1.58. The van der Waals surface area contributed by atoms with E-state index in [1.165, 1.54) is 0 Å². The number of aryl methyl sites for hydroxylation is 1. The van der Waals surface area contributed by atoms with E-state index in [2.05, 4.69) is 9.97 Å². The van der Waals surface area contributed by atoms with Gasteiger partial charge in [-0.15, -0.1) is 0 Å². The van der Waals surface area contributed by atoms with Crippen LogP contribution < -0.4 is 4.72 Å². The van der Waals surface area contributed by atoms with Crippen LogP contribution in [0.15, 0.2) is 11.2 Å². The van der Waals surface area contributed by atoms with E-state index in [1.807, 2.05) is 4.72 Å². The number of aromatic amines is 1. The number of nitrogens with one attached hydrogen (secondary N) is 2. The van der Waals surface area contributed by atoms with Crippen molar-refractivity contribution in [3.05, 3.63) is 12.0 Å². The van der Waals surface area contributed by atoms with Gasteiger partial charge in [0.2, 0.25) is 0 Å². The van der Waals surface area contributed by atoms with Gasteiger partial charge in [0.05, 0.1) is 12.8 Å². The first-order valence-corrected chi connectivity index (χ1v) is 5.72. The molecule has 1 atom stereocenters. The van der Waals surface area contributed by atoms with Crippen LogP contribution in [-0.4, -0.2) is 47.2 Å². The second kappa shape index (κ2) is 4.60. The molecule has 0 saturated heterocycles. The van der Waals surface area contributed by atoms with Crippen molar-refractivity contribution in [3.63, 3.8) is 0 Å². The maximum absolute atomic E-state index is 11.6. The molecule has 0 aromatic carbocycles. The first-order chi connectivity index (χ1) is 7.36. The zero-order valence-corrected chi connectivity index (χ0v) is 9.15. The van der Waals surface area contributed by atoms with Crippen molar-refractivity contribution in [2.45, 2.75) is 18.0 Å². The fourth-order valence-corrected chi connectivity index (χ4v) is 2.10. The topological polar surface area (TPSA) is 132 Å². The SMILES string of the molecule is Cc1ncc(S(=O)(=O)N[C@H](CO)C(=O)O)[nH]1. The van der Waals surface area contributed by atoms with Gasteiger partial charge in [-0.05, 0) is 6.92 Å². The molecule has 0 amide bonds. The number of aromatic nitrogens is 2. The van der Waals surface area contributed by atoms with Gasteiger partial charge in [-0.1, -0.05) is 0 Å². The van der Waals surface area contributed by atoms with Crippen molar-refractivity contribution in [2.75, 3.05) is 6.61 Å². The number of aliphatic hydroxyl groups excluding tert-OH is 1. The monoisotopic (exact) mass is 249 g/mol. The van der Waals surface area contributed by atoms with Crippen LogP contribution >= 0.6 is 0 Å². The summed E-state index contributed by atoms with van der Waals surface area (Å²) in [6.07, 6.45) is 1.06. The highest BCUT2D eigenvalue weighted by Crippen LogP contribution is 2.05. The zero-order chi connectivity index (χ0) is 12.3. The van der Waals surface area contributed by atoms with Crippen molar-refractivity contribution >= 4 is 16.0 Å². The molecule has 0 spiro atoms. The van der Waals surface area contributed by atoms with E-state index in [4.69, 9.17) is 10.2 Å². The molecule has 0 unspecified atom stereocenters. The number of hydrogen-bond donors (Lipinski definition) is 4. The summed E-state index contributed by atoms with van der Waals surface area (Å²) in [5, 5.41) is 17.0. The van der Waals surface area contributed by atoms with Crippen molar-refractivity contribution < 1.29 is 23.4 Å². The van der Waals surface area contributed by atoms with E-state index >= 15 is 0 Å². The van der Waals surface area contributed by atoms with E-state index < -0.39 is 28.6 Å². The van der Waals surface area contributed by atoms with Crippen LogP contribution in [0.5, 0.6) is 0 Å². The summed E-state index contributed by atoms with van der Waals surface area (Å²) in [6.45, 7) is 0.724. The highest BCUT2D eigenvalue weighted by Gasteiger charge is 2.25. The minimum absolute atomic E-state index is 0.246. The lowest BCUT2D eigenvalue weighted by molar-refractivity contribution is -0.139. The van der Waals surface area contributed by atoms with Crippen LogP contribution in [0, 0.1) is 6.92 Å². The third-order valence-corrected chi connectivity index (χ3v) is 3.13. The molecule has 16 heavy (non-hydrogen) atoms. The van der Waals surface area contributed by atoms with Gasteiger partial charge in [-0.25, -0.2) is 13.4 Å². The van der Waals surface area contributed by atoms with Gasteiger partial charge < -0.3 is 15.2 Å². The summed E-state index contributed by atoms with van der Waals surface area (Å²) in [7, 11) is -4.00. The molecule has 0 aliphatic rings. The van der Waals surface area contributed by atoms with Gasteiger partial charge in [-0.3, -0.25) is 4.79 Å². The number of aliphatic carboxylic acids is 1. The maximum atomic E-state index is 11.6. The molecule has 0 saturated carbocycles. The molecular formula is C7H11N3O5S. The Labute approximate surface area is 91.4 Å². The lowest BCUT2D eigenvalue weighted by atomic mass is 10.3. The summed E-state index contributed by atoms with van der Waals surface area (Å²) >= 11 is 0. The Morgan fingerprint density at radius 1 is 1.69 bits per heavy atom. The quantitative estimate of drug-likeness (QED) is 0.499. The van der Waals surface area contributed by atoms with Crippen molar-refractivity contribution in [1.29, 1.82) is 0 Å². The molecule has 0 bridgehead atoms. The largest absolute Gasteiger partial charge is 0.480 e. The molecule has 4 N–H and O–H groups in total. The molecule has 9 heteroatoms. The number of rotatable bonds is 5. The molecule has 1 aromatic rings. The highest BCUT2D eigenvalue weighted by atomic mass is 32.2. The summed E-state index contributed by atoms with van der Waals surface area (Å²) in [4.78, 5) is 16.7. The number of H-pyrrole nitrogens is 1. The van der Waals surface area contributed by atoms with Crippen LogP contribution in [0.4, 0.5) is 0 Å². The molecule has 90 valence electrons. The molecule has 0 aliphatic carbocycles. The number of aliphatic hydroxyl groups is 1. The minimum Gasteiger partial charge on any atom is -0.480 e. The van der Waals surface area contributed by atoms with Crippen LogP contribution in [0.25, 0.3) is 0 Å². The van der Waals surface area contributed by atoms with E-state index in [-0.39, 0.29) is 5.03 Å². The van der Waals surface area contributed by atoms with Crippen LogP contribution in [0.1, 0.15) is 5.82 Å². The van der Waals surface area contributed by atoms with Gasteiger partial charge in [0, 0.05) is 0 Å². The smallest absolute Gasteiger partial charge is 0.324 e. The normalized spacial score (nSPS) is 13.6. The molecule has 0 fully saturated rings. The molecular weight excluding hydrogens is 238 g/mol. The summed E-state index contributed by atoms with van der Waals surface area (Å²) in [5.74, 6) is -1.07. The van der Waals surface area contributed by atoms with Gasteiger partial charge in [0.25, 0.3) is 10.0 Å². The number of hydrogen-bond acceptors (Lipinski definition) is 5. The van der Waals surface area contributed by atoms with Crippen LogP contribution in [0.3, 0.4) is 0 Å². The molecule has 8 nitrogen and oxygen atoms in total. The molecule has 0 aliphatic heterocycles. The zero-order valence-electron chi connectivity index (χ0n) is 8.34. The van der Waals surface area contributed by atoms with E-state index in [9.17, 15) is 13.2 Å². The molecule has 0 radical (unpaired) electrons. The number of carboxylic acid groups (broad SMARTS) is 1. The first kappa shape index (κ1) is 12.6. The standard InChI is InChI=1S/C7H11N3O5S/c1-4-8-2-6(9-4)16(14,15)10-5(3-11)7(12)13/h2,5,10-11H,3H2,1H3,(H,8,9)(H,12,13)/t5-/m1/s1. The Kier molecular flexibility index (Phi) is 3.62. The van der Waals surface area contributed by atoms with Crippen molar-refractivity contribution in [1.82, 2.24) is 14.7 Å². The number of sulfonamides is 1. The number of carbonyl (C=O) groups is 1. The first-order valence-electron chi connectivity index (χ1n) is 4.24. The lowest BCUT2D eigenvalue weighted by Crippen LogP contribution is -2.43. The Hall–Kier alpha value is -1.45. The Morgan fingerprint density at radius 2 is 2.31 bits per heavy atom. The number of nitrogens with zero attached hydrogens (tertiary/aromatic N) is 1. The van der Waals surface area contributed by atoms with Gasteiger partial charge >= 0.3 is 5.97 Å². The van der Waals surface area contributed by atoms with E-state index in [0.717, 1.165) is 6.20 Å². The fraction of sp³-hybridized carbons (Fsp3) is 0.429. The Morgan fingerprint density at radius 3 is 2.69 bits per heavy atom. The van der Waals surface area contributed by atoms with Crippen LogP contribution in [0.2, 0.25) is 0 Å². The average molecular weight is 249 g/mol. The number of carboxylic acids is 1. The van der Waals surface area contributed by atoms with E-state index in [1.54, 1.807) is 6.92 Å². The highest BCUT2D eigenvalue weighted by molar-refractivity contribution is 7.89. The third-order valence-electron chi connectivity index (χ3n) is 1.75. The summed E-state index contributed by atoms with van der Waals surface area (Å²) < 4.78 is 24.9. The van der Waals surface area contributed by atoms with E-state index in [0.29, 0.717) is 5.82 Å². The lowest BCUT2D eigenvalue weighted by Gasteiger charge is -2.10. The summed E-state index contributed by atoms with van der Waals surface area (Å²) in [5.41, 5.74) is 0. The van der Waals surface area contributed by atoms with Gasteiger partial charge in [0.15, 0.2) is 5.03 Å². The van der Waals surface area contributed by atoms with Gasteiger partial charge in [0.1, 0.15) is 11.9 Å². The average Bonchev–Trinajstić information content (AvgIpc) is 2.61. The Balaban J connectivity index is 2.91. The second-order valence-electron chi connectivity index (χ2n) is 3.03.